The Bertz CT molecular complexity index is 153. The summed E-state index contributed by atoms with van der Waals surface area (Å²) < 4.78 is 0. The standard InChI is InChI=1S/C15H27/c1-3-5-7-9-11-13-15-14-12-10-8-6-4-2/h3,5,14-15H,1,4,6-13H2,2H3. The van der Waals surface area contributed by atoms with Gasteiger partial charge >= 0.3 is 0 Å². The molecule has 0 fully saturated rings. The molecule has 0 bridgehead atoms. The monoisotopic (exact) mass is 207 g/mol. The second kappa shape index (κ2) is 13.5. The first-order chi connectivity index (χ1) is 7.41. The molecular formula is C15H27. The maximum atomic E-state index is 3.67. The van der Waals surface area contributed by atoms with Crippen molar-refractivity contribution in [3.05, 3.63) is 31.2 Å². The Morgan fingerprint density at radius 2 is 1.27 bits per heavy atom. The molecule has 0 N–H and O–H groups in total. The third-order valence-electron chi connectivity index (χ3n) is 2.55. The van der Waals surface area contributed by atoms with Crippen LogP contribution in [0, 0.1) is 6.92 Å². The molecule has 0 unspecified atom stereocenters. The van der Waals surface area contributed by atoms with E-state index in [0.29, 0.717) is 0 Å². The smallest absolute Gasteiger partial charge is 0.0316 e. The van der Waals surface area contributed by atoms with Gasteiger partial charge in [0.2, 0.25) is 0 Å². The highest BCUT2D eigenvalue weighted by molar-refractivity contribution is 4.84. The molecule has 0 amide bonds. The fourth-order valence-corrected chi connectivity index (χ4v) is 1.57. The van der Waals surface area contributed by atoms with E-state index < -0.39 is 0 Å². The molecule has 0 atom stereocenters. The van der Waals surface area contributed by atoms with Gasteiger partial charge in [-0.15, -0.1) is 0 Å². The molecule has 0 nitrogen and oxygen atoms in total. The topological polar surface area (TPSA) is 0 Å². The summed E-state index contributed by atoms with van der Waals surface area (Å²) >= 11 is 0. The molecule has 0 aromatic rings. The van der Waals surface area contributed by atoms with E-state index in [4.69, 9.17) is 0 Å². The normalized spacial score (nSPS) is 11.9. The van der Waals surface area contributed by atoms with E-state index in [9.17, 15) is 0 Å². The molecule has 0 aromatic heterocycles. The molecule has 0 heteroatoms. The lowest BCUT2D eigenvalue weighted by atomic mass is 10.1. The first-order valence-corrected chi connectivity index (χ1v) is 6.51. The molecule has 0 aliphatic carbocycles. The highest BCUT2D eigenvalue weighted by Crippen LogP contribution is 2.05. The molecule has 1 radical (unpaired) electrons. The average Bonchev–Trinajstić information content (AvgIpc) is 2.26. The number of hydrogen-bond donors (Lipinski definition) is 0. The van der Waals surface area contributed by atoms with Crippen LogP contribution in [0.3, 0.4) is 0 Å². The third-order valence-corrected chi connectivity index (χ3v) is 2.55. The van der Waals surface area contributed by atoms with Crippen LogP contribution in [0.15, 0.2) is 24.3 Å². The molecule has 87 valence electrons. The summed E-state index contributed by atoms with van der Waals surface area (Å²) in [6, 6.07) is 0. The van der Waals surface area contributed by atoms with Crippen LogP contribution in [0.25, 0.3) is 0 Å². The minimum Gasteiger partial charge on any atom is -0.0885 e. The summed E-state index contributed by atoms with van der Waals surface area (Å²) in [6.45, 7) is 5.93. The van der Waals surface area contributed by atoms with Crippen LogP contribution in [-0.2, 0) is 0 Å². The van der Waals surface area contributed by atoms with Gasteiger partial charge in [0, 0.05) is 0 Å². The highest BCUT2D eigenvalue weighted by atomic mass is 13.9. The fourth-order valence-electron chi connectivity index (χ4n) is 1.57. The highest BCUT2D eigenvalue weighted by Gasteiger charge is 1.85. The lowest BCUT2D eigenvalue weighted by Crippen LogP contribution is -1.75. The molecule has 0 aliphatic rings. The molecule has 0 aliphatic heterocycles. The van der Waals surface area contributed by atoms with Gasteiger partial charge < -0.3 is 0 Å². The zero-order chi connectivity index (χ0) is 11.2. The van der Waals surface area contributed by atoms with Gasteiger partial charge in [0.25, 0.3) is 0 Å². The van der Waals surface area contributed by atoms with Crippen molar-refractivity contribution in [1.29, 1.82) is 0 Å². The van der Waals surface area contributed by atoms with Crippen LogP contribution in [0.2, 0.25) is 0 Å². The van der Waals surface area contributed by atoms with Crippen molar-refractivity contribution in [2.75, 3.05) is 0 Å². The van der Waals surface area contributed by atoms with Gasteiger partial charge in [-0.2, -0.15) is 0 Å². The third kappa shape index (κ3) is 13.5. The van der Waals surface area contributed by atoms with Gasteiger partial charge in [-0.1, -0.05) is 50.5 Å². The first kappa shape index (κ1) is 14.5. The minimum absolute atomic E-state index is 1.19. The molecule has 0 aromatic carbocycles. The molecule has 0 rings (SSSR count). The minimum atomic E-state index is 1.19. The van der Waals surface area contributed by atoms with Gasteiger partial charge in [-0.05, 0) is 45.4 Å². The Hall–Kier alpha value is -0.520. The first-order valence-electron chi connectivity index (χ1n) is 6.51. The Labute approximate surface area is 96.5 Å². The number of hydrogen-bond acceptors (Lipinski definition) is 0. The van der Waals surface area contributed by atoms with Crippen LogP contribution in [0.4, 0.5) is 0 Å². The van der Waals surface area contributed by atoms with Crippen LogP contribution in [-0.4, -0.2) is 0 Å². The molecular weight excluding hydrogens is 180 g/mol. The molecule has 15 heavy (non-hydrogen) atoms. The van der Waals surface area contributed by atoms with Crippen LogP contribution in [0.1, 0.15) is 64.7 Å². The van der Waals surface area contributed by atoms with E-state index >= 15 is 0 Å². The van der Waals surface area contributed by atoms with Gasteiger partial charge in [0.1, 0.15) is 0 Å². The van der Waals surface area contributed by atoms with Gasteiger partial charge in [0.05, 0.1) is 0 Å². The maximum Gasteiger partial charge on any atom is -0.0316 e. The lowest BCUT2D eigenvalue weighted by molar-refractivity contribution is 0.673. The van der Waals surface area contributed by atoms with Crippen molar-refractivity contribution in [2.24, 2.45) is 0 Å². The quantitative estimate of drug-likeness (QED) is 0.329. The van der Waals surface area contributed by atoms with Gasteiger partial charge in [0.15, 0.2) is 0 Å². The summed E-state index contributed by atoms with van der Waals surface area (Å²) in [7, 11) is 0. The van der Waals surface area contributed by atoms with Crippen molar-refractivity contribution in [2.45, 2.75) is 64.7 Å². The predicted molar refractivity (Wildman–Crippen MR) is 70.9 cm³/mol. The molecule has 0 saturated heterocycles. The Morgan fingerprint density at radius 3 is 1.80 bits per heavy atom. The van der Waals surface area contributed by atoms with Crippen molar-refractivity contribution in [1.82, 2.24) is 0 Å². The Kier molecular flexibility index (Phi) is 13.0. The molecule has 0 saturated carbocycles. The number of unbranched alkanes of at least 4 members (excludes halogenated alkanes) is 7. The zero-order valence-electron chi connectivity index (χ0n) is 10.4. The van der Waals surface area contributed by atoms with E-state index in [2.05, 4.69) is 32.1 Å². The van der Waals surface area contributed by atoms with Crippen molar-refractivity contribution in [3.63, 3.8) is 0 Å². The van der Waals surface area contributed by atoms with E-state index in [0.717, 1.165) is 0 Å². The Morgan fingerprint density at radius 1 is 0.733 bits per heavy atom. The van der Waals surface area contributed by atoms with Crippen LogP contribution < -0.4 is 0 Å². The summed E-state index contributed by atoms with van der Waals surface area (Å²) in [5.41, 5.74) is 0. The summed E-state index contributed by atoms with van der Waals surface area (Å²) in [6.07, 6.45) is 20.6. The molecule has 0 spiro atoms. The van der Waals surface area contributed by atoms with Crippen LogP contribution >= 0.6 is 0 Å². The van der Waals surface area contributed by atoms with E-state index in [1.165, 1.54) is 57.8 Å². The fraction of sp³-hybridized carbons (Fsp3) is 0.667. The van der Waals surface area contributed by atoms with Crippen molar-refractivity contribution >= 4 is 0 Å². The summed E-state index contributed by atoms with van der Waals surface area (Å²) in [5, 5.41) is 0. The van der Waals surface area contributed by atoms with Gasteiger partial charge in [-0.3, -0.25) is 0 Å². The summed E-state index contributed by atoms with van der Waals surface area (Å²) in [5.74, 6) is 0. The van der Waals surface area contributed by atoms with E-state index in [1.807, 2.05) is 6.08 Å². The zero-order valence-corrected chi connectivity index (χ0v) is 10.4. The second-order valence-electron chi connectivity index (χ2n) is 4.08. The molecule has 0 heterocycles. The summed E-state index contributed by atoms with van der Waals surface area (Å²) in [4.78, 5) is 0. The predicted octanol–water partition coefficient (Wildman–Crippen LogP) is 5.46. The maximum absolute atomic E-state index is 3.67. The van der Waals surface area contributed by atoms with Gasteiger partial charge in [-0.25, -0.2) is 0 Å². The van der Waals surface area contributed by atoms with Crippen LogP contribution in [0.5, 0.6) is 0 Å². The van der Waals surface area contributed by atoms with E-state index in [-0.39, 0.29) is 0 Å². The van der Waals surface area contributed by atoms with E-state index in [1.54, 1.807) is 0 Å². The number of rotatable bonds is 10. The largest absolute Gasteiger partial charge is 0.0885 e. The average molecular weight is 207 g/mol. The Balaban J connectivity index is 3.03. The SMILES string of the molecule is [CH2]C=CCCCCC=CCCCCCC. The number of allylic oxidation sites excluding steroid dienone is 4. The van der Waals surface area contributed by atoms with Crippen molar-refractivity contribution in [3.8, 4) is 0 Å². The van der Waals surface area contributed by atoms with Crippen molar-refractivity contribution < 1.29 is 0 Å². The second-order valence-corrected chi connectivity index (χ2v) is 4.08. The lowest BCUT2D eigenvalue weighted by Gasteiger charge is -1.95.